The number of carbonyl (C=O) groups excluding carboxylic acids is 1. The van der Waals surface area contributed by atoms with Gasteiger partial charge in [-0.1, -0.05) is 0 Å². The molecular weight excluding hydrogens is 184 g/mol. The smallest absolute Gasteiger partial charge is 0.221 e. The first-order valence-corrected chi connectivity index (χ1v) is 4.29. The maximum Gasteiger partial charge on any atom is 0.221 e. The molecule has 7 nitrogen and oxygen atoms in total. The van der Waals surface area contributed by atoms with Crippen molar-refractivity contribution in [2.24, 2.45) is 16.5 Å². The molecule has 1 saturated heterocycles. The van der Waals surface area contributed by atoms with E-state index in [2.05, 4.69) is 10.3 Å². The van der Waals surface area contributed by atoms with Crippen molar-refractivity contribution in [2.45, 2.75) is 6.42 Å². The maximum atomic E-state index is 11.0. The summed E-state index contributed by atoms with van der Waals surface area (Å²) in [4.78, 5) is 16.2. The third-order valence-corrected chi connectivity index (χ3v) is 1.85. The Kier molecular flexibility index (Phi) is 3.27. The van der Waals surface area contributed by atoms with Gasteiger partial charge in [-0.25, -0.2) is 0 Å². The van der Waals surface area contributed by atoms with E-state index in [-0.39, 0.29) is 17.8 Å². The monoisotopic (exact) mass is 198 g/mol. The van der Waals surface area contributed by atoms with Gasteiger partial charge in [-0.05, 0) is 0 Å². The van der Waals surface area contributed by atoms with Gasteiger partial charge >= 0.3 is 0 Å². The van der Waals surface area contributed by atoms with Crippen molar-refractivity contribution < 1.29 is 4.79 Å². The first-order chi connectivity index (χ1) is 6.59. The Morgan fingerprint density at radius 2 is 2.21 bits per heavy atom. The Labute approximate surface area is 81.7 Å². The summed E-state index contributed by atoms with van der Waals surface area (Å²) in [5.41, 5.74) is 10.3. The highest BCUT2D eigenvalue weighted by atomic mass is 16.1. The SMILES string of the molecule is N=C(N=C(N)N)N1CCNC(=O)CC1. The van der Waals surface area contributed by atoms with Crippen molar-refractivity contribution in [3.05, 3.63) is 0 Å². The highest BCUT2D eigenvalue weighted by molar-refractivity contribution is 5.92. The minimum Gasteiger partial charge on any atom is -0.370 e. The van der Waals surface area contributed by atoms with E-state index < -0.39 is 0 Å². The fourth-order valence-electron chi connectivity index (χ4n) is 1.17. The van der Waals surface area contributed by atoms with Crippen molar-refractivity contribution in [3.63, 3.8) is 0 Å². The third-order valence-electron chi connectivity index (χ3n) is 1.85. The van der Waals surface area contributed by atoms with E-state index in [0.29, 0.717) is 26.1 Å². The summed E-state index contributed by atoms with van der Waals surface area (Å²) in [5.74, 6) is -0.148. The predicted molar refractivity (Wildman–Crippen MR) is 52.7 cm³/mol. The lowest BCUT2D eigenvalue weighted by atomic mass is 10.4. The molecule has 0 aliphatic carbocycles. The van der Waals surface area contributed by atoms with Gasteiger partial charge in [0.2, 0.25) is 11.9 Å². The molecule has 1 aliphatic rings. The Morgan fingerprint density at radius 1 is 1.50 bits per heavy atom. The summed E-state index contributed by atoms with van der Waals surface area (Å²) < 4.78 is 0. The van der Waals surface area contributed by atoms with E-state index in [9.17, 15) is 4.79 Å². The largest absolute Gasteiger partial charge is 0.370 e. The van der Waals surface area contributed by atoms with Gasteiger partial charge in [-0.2, -0.15) is 4.99 Å². The predicted octanol–water partition coefficient (Wildman–Crippen LogP) is -1.98. The van der Waals surface area contributed by atoms with Crippen LogP contribution in [0.5, 0.6) is 0 Å². The molecule has 7 heteroatoms. The molecule has 0 unspecified atom stereocenters. The summed E-state index contributed by atoms with van der Waals surface area (Å²) in [6, 6.07) is 0. The summed E-state index contributed by atoms with van der Waals surface area (Å²) in [6.45, 7) is 1.55. The van der Waals surface area contributed by atoms with Gasteiger partial charge in [-0.15, -0.1) is 0 Å². The second kappa shape index (κ2) is 4.45. The van der Waals surface area contributed by atoms with Crippen LogP contribution in [0.4, 0.5) is 0 Å². The second-order valence-electron chi connectivity index (χ2n) is 2.95. The molecule has 1 rings (SSSR count). The number of nitrogens with two attached hydrogens (primary N) is 2. The molecular formula is C7H14N6O. The quantitative estimate of drug-likeness (QED) is 0.266. The maximum absolute atomic E-state index is 11.0. The number of nitrogens with one attached hydrogen (secondary N) is 2. The number of carbonyl (C=O) groups is 1. The van der Waals surface area contributed by atoms with Gasteiger partial charge in [0.1, 0.15) is 0 Å². The minimum absolute atomic E-state index is 0.00139. The van der Waals surface area contributed by atoms with Crippen molar-refractivity contribution in [1.29, 1.82) is 5.41 Å². The van der Waals surface area contributed by atoms with Gasteiger partial charge in [0.25, 0.3) is 0 Å². The van der Waals surface area contributed by atoms with E-state index >= 15 is 0 Å². The molecule has 0 bridgehead atoms. The van der Waals surface area contributed by atoms with Crippen LogP contribution in [0.3, 0.4) is 0 Å². The highest BCUT2D eigenvalue weighted by Gasteiger charge is 2.15. The first kappa shape index (κ1) is 10.3. The molecule has 1 aliphatic heterocycles. The van der Waals surface area contributed by atoms with Crippen LogP contribution in [0.1, 0.15) is 6.42 Å². The number of rotatable bonds is 0. The van der Waals surface area contributed by atoms with E-state index in [4.69, 9.17) is 16.9 Å². The zero-order chi connectivity index (χ0) is 10.6. The normalized spacial score (nSPS) is 16.9. The van der Waals surface area contributed by atoms with Gasteiger partial charge < -0.3 is 21.7 Å². The number of hydrogen-bond acceptors (Lipinski definition) is 2. The van der Waals surface area contributed by atoms with Crippen molar-refractivity contribution >= 4 is 17.8 Å². The van der Waals surface area contributed by atoms with Gasteiger partial charge in [0.05, 0.1) is 0 Å². The fraction of sp³-hybridized carbons (Fsp3) is 0.571. The van der Waals surface area contributed by atoms with Crippen LogP contribution in [0.15, 0.2) is 4.99 Å². The Morgan fingerprint density at radius 3 is 2.86 bits per heavy atom. The Bertz CT molecular complexity index is 269. The molecule has 0 spiro atoms. The van der Waals surface area contributed by atoms with Crippen LogP contribution >= 0.6 is 0 Å². The minimum atomic E-state index is -0.140. The molecule has 6 N–H and O–H groups in total. The number of guanidine groups is 2. The average Bonchev–Trinajstić information content (AvgIpc) is 2.28. The Hall–Kier alpha value is -1.79. The number of hydrogen-bond donors (Lipinski definition) is 4. The molecule has 0 aromatic rings. The lowest BCUT2D eigenvalue weighted by molar-refractivity contribution is -0.120. The van der Waals surface area contributed by atoms with Crippen LogP contribution in [0.2, 0.25) is 0 Å². The number of nitrogens with zero attached hydrogens (tertiary/aromatic N) is 2. The van der Waals surface area contributed by atoms with Crippen molar-refractivity contribution in [2.75, 3.05) is 19.6 Å². The lowest BCUT2D eigenvalue weighted by Gasteiger charge is -2.18. The summed E-state index contributed by atoms with van der Waals surface area (Å²) in [7, 11) is 0. The molecule has 0 aromatic carbocycles. The molecule has 1 heterocycles. The average molecular weight is 198 g/mol. The van der Waals surface area contributed by atoms with E-state index in [1.54, 1.807) is 4.90 Å². The zero-order valence-corrected chi connectivity index (χ0v) is 7.79. The Balaban J connectivity index is 2.55. The van der Waals surface area contributed by atoms with Crippen LogP contribution in [0, 0.1) is 5.41 Å². The standard InChI is InChI=1S/C7H14N6O/c8-6(9)12-7(10)13-3-1-5(14)11-2-4-13/h1-4H2,(H,11,14)(H5,8,9,10,12). The van der Waals surface area contributed by atoms with Crippen LogP contribution in [-0.2, 0) is 4.79 Å². The lowest BCUT2D eigenvalue weighted by Crippen LogP contribution is -2.35. The van der Waals surface area contributed by atoms with Crippen LogP contribution < -0.4 is 16.8 Å². The van der Waals surface area contributed by atoms with E-state index in [1.165, 1.54) is 0 Å². The molecule has 1 amide bonds. The first-order valence-electron chi connectivity index (χ1n) is 4.29. The van der Waals surface area contributed by atoms with Gasteiger partial charge in [0.15, 0.2) is 5.96 Å². The molecule has 78 valence electrons. The molecule has 1 fully saturated rings. The summed E-state index contributed by atoms with van der Waals surface area (Å²) in [5, 5.41) is 10.2. The molecule has 0 radical (unpaired) electrons. The van der Waals surface area contributed by atoms with Gasteiger partial charge in [-0.3, -0.25) is 10.2 Å². The molecule has 14 heavy (non-hydrogen) atoms. The molecule has 0 atom stereocenters. The summed E-state index contributed by atoms with van der Waals surface area (Å²) in [6.07, 6.45) is 0.363. The molecule has 0 aromatic heterocycles. The fourth-order valence-corrected chi connectivity index (χ4v) is 1.17. The third kappa shape index (κ3) is 2.92. The van der Waals surface area contributed by atoms with Crippen LogP contribution in [0.25, 0.3) is 0 Å². The van der Waals surface area contributed by atoms with Crippen molar-refractivity contribution in [3.8, 4) is 0 Å². The van der Waals surface area contributed by atoms with Crippen LogP contribution in [-0.4, -0.2) is 42.4 Å². The topological polar surface area (TPSA) is 121 Å². The second-order valence-corrected chi connectivity index (χ2v) is 2.95. The van der Waals surface area contributed by atoms with E-state index in [0.717, 1.165) is 0 Å². The zero-order valence-electron chi connectivity index (χ0n) is 7.79. The highest BCUT2D eigenvalue weighted by Crippen LogP contribution is 1.97. The van der Waals surface area contributed by atoms with Gasteiger partial charge in [0, 0.05) is 26.1 Å². The summed E-state index contributed by atoms with van der Waals surface area (Å²) >= 11 is 0. The number of amides is 1. The molecule has 0 saturated carbocycles. The number of aliphatic imine (C=N–C) groups is 1. The van der Waals surface area contributed by atoms with E-state index in [1.807, 2.05) is 0 Å². The van der Waals surface area contributed by atoms with Crippen molar-refractivity contribution in [1.82, 2.24) is 10.2 Å².